The second-order valence-corrected chi connectivity index (χ2v) is 5.81. The Morgan fingerprint density at radius 3 is 2.39 bits per heavy atom. The molecule has 0 radical (unpaired) electrons. The van der Waals surface area contributed by atoms with Crippen LogP contribution < -0.4 is 11.1 Å². The van der Waals surface area contributed by atoms with Gasteiger partial charge in [-0.25, -0.2) is 4.39 Å². The summed E-state index contributed by atoms with van der Waals surface area (Å²) in [4.78, 5) is 12.1. The average molecular weight is 273 g/mol. The minimum absolute atomic E-state index is 0.0300. The molecule has 0 fully saturated rings. The van der Waals surface area contributed by atoms with Crippen molar-refractivity contribution in [2.45, 2.75) is 33.2 Å². The molecule has 100 valence electrons. The molecular formula is C13H18ClFN2O. The van der Waals surface area contributed by atoms with Gasteiger partial charge >= 0.3 is 0 Å². The molecular weight excluding hydrogens is 255 g/mol. The van der Waals surface area contributed by atoms with Gasteiger partial charge in [0.25, 0.3) is 0 Å². The van der Waals surface area contributed by atoms with Crippen molar-refractivity contribution in [3.63, 3.8) is 0 Å². The molecule has 3 N–H and O–H groups in total. The van der Waals surface area contributed by atoms with Crippen molar-refractivity contribution in [1.82, 2.24) is 0 Å². The van der Waals surface area contributed by atoms with Crippen LogP contribution in [0, 0.1) is 11.2 Å². The predicted molar refractivity (Wildman–Crippen MR) is 72.1 cm³/mol. The first-order chi connectivity index (χ1) is 8.07. The minimum atomic E-state index is -0.845. The fraction of sp³-hybridized carbons (Fsp3) is 0.462. The zero-order valence-corrected chi connectivity index (χ0v) is 11.7. The van der Waals surface area contributed by atoms with E-state index in [1.54, 1.807) is 33.8 Å². The quantitative estimate of drug-likeness (QED) is 0.888. The van der Waals surface area contributed by atoms with Gasteiger partial charge in [0, 0.05) is 5.54 Å². The molecule has 0 atom stereocenters. The number of carbonyl (C=O) groups is 1. The molecule has 0 aromatic heterocycles. The van der Waals surface area contributed by atoms with Crippen molar-refractivity contribution in [3.05, 3.63) is 29.0 Å². The number of nitrogens with one attached hydrogen (secondary N) is 1. The van der Waals surface area contributed by atoms with Crippen LogP contribution in [0.25, 0.3) is 0 Å². The zero-order valence-electron chi connectivity index (χ0n) is 11.0. The second kappa shape index (κ2) is 4.86. The number of hydrogen-bond acceptors (Lipinski definition) is 2. The zero-order chi connectivity index (χ0) is 14.1. The lowest BCUT2D eigenvalue weighted by atomic mass is 9.74. The van der Waals surface area contributed by atoms with Gasteiger partial charge in [0.05, 0.1) is 16.1 Å². The van der Waals surface area contributed by atoms with E-state index in [1.165, 1.54) is 12.1 Å². The van der Waals surface area contributed by atoms with Crippen LogP contribution >= 0.6 is 11.6 Å². The van der Waals surface area contributed by atoms with E-state index in [1.807, 2.05) is 0 Å². The van der Waals surface area contributed by atoms with Gasteiger partial charge in [-0.05, 0) is 39.8 Å². The molecule has 0 aliphatic carbocycles. The Morgan fingerprint density at radius 1 is 1.33 bits per heavy atom. The highest BCUT2D eigenvalue weighted by molar-refractivity contribution is 6.31. The summed E-state index contributed by atoms with van der Waals surface area (Å²) in [5, 5.41) is 2.49. The van der Waals surface area contributed by atoms with Gasteiger partial charge in [0.15, 0.2) is 5.82 Å². The summed E-state index contributed by atoms with van der Waals surface area (Å²) >= 11 is 5.65. The third kappa shape index (κ3) is 2.82. The lowest BCUT2D eigenvalue weighted by Crippen LogP contribution is -2.53. The van der Waals surface area contributed by atoms with Crippen LogP contribution in [0.2, 0.25) is 5.02 Å². The molecule has 0 aliphatic rings. The third-order valence-corrected chi connectivity index (χ3v) is 3.67. The summed E-state index contributed by atoms with van der Waals surface area (Å²) in [5.74, 6) is -0.991. The van der Waals surface area contributed by atoms with E-state index in [4.69, 9.17) is 17.3 Å². The number of halogens is 2. The first-order valence-electron chi connectivity index (χ1n) is 5.61. The minimum Gasteiger partial charge on any atom is -0.325 e. The molecule has 0 saturated carbocycles. The fourth-order valence-electron chi connectivity index (χ4n) is 1.17. The van der Waals surface area contributed by atoms with Crippen LogP contribution in [0.1, 0.15) is 27.7 Å². The van der Waals surface area contributed by atoms with Crippen LogP contribution in [0.4, 0.5) is 10.1 Å². The lowest BCUT2D eigenvalue weighted by molar-refractivity contribution is -0.126. The van der Waals surface area contributed by atoms with Crippen LogP contribution in [0.15, 0.2) is 18.2 Å². The van der Waals surface area contributed by atoms with Crippen LogP contribution in [0.3, 0.4) is 0 Å². The van der Waals surface area contributed by atoms with Crippen molar-refractivity contribution in [3.8, 4) is 0 Å². The molecule has 0 bridgehead atoms. The highest BCUT2D eigenvalue weighted by atomic mass is 35.5. The van der Waals surface area contributed by atoms with Gasteiger partial charge in [-0.15, -0.1) is 0 Å². The standard InChI is InChI=1S/C13H18ClFN2O/c1-12(2,13(3,4)16)11(18)17-9-7-5-6-8(14)10(9)15/h5-7H,16H2,1-4H3,(H,17,18). The summed E-state index contributed by atoms with van der Waals surface area (Å²) in [5.41, 5.74) is 4.44. The Morgan fingerprint density at radius 2 is 1.89 bits per heavy atom. The summed E-state index contributed by atoms with van der Waals surface area (Å²) < 4.78 is 13.7. The van der Waals surface area contributed by atoms with Crippen LogP contribution in [-0.4, -0.2) is 11.4 Å². The Bertz CT molecular complexity index is 467. The molecule has 18 heavy (non-hydrogen) atoms. The normalized spacial score (nSPS) is 12.4. The van der Waals surface area contributed by atoms with Crippen molar-refractivity contribution < 1.29 is 9.18 Å². The summed E-state index contributed by atoms with van der Waals surface area (Å²) in [6, 6.07) is 4.45. The maximum atomic E-state index is 13.7. The Kier molecular flexibility index (Phi) is 4.03. The molecule has 1 amide bonds. The summed E-state index contributed by atoms with van der Waals surface area (Å²) in [6.45, 7) is 6.93. The summed E-state index contributed by atoms with van der Waals surface area (Å²) in [7, 11) is 0. The van der Waals surface area contributed by atoms with E-state index in [0.717, 1.165) is 0 Å². The smallest absolute Gasteiger partial charge is 0.231 e. The Labute approximate surface area is 112 Å². The molecule has 1 aromatic rings. The number of hydrogen-bond donors (Lipinski definition) is 2. The molecule has 0 spiro atoms. The van der Waals surface area contributed by atoms with Gasteiger partial charge < -0.3 is 11.1 Å². The molecule has 0 heterocycles. The van der Waals surface area contributed by atoms with Crippen LogP contribution in [0.5, 0.6) is 0 Å². The van der Waals surface area contributed by atoms with E-state index >= 15 is 0 Å². The van der Waals surface area contributed by atoms with E-state index in [9.17, 15) is 9.18 Å². The average Bonchev–Trinajstić information content (AvgIpc) is 2.23. The van der Waals surface area contributed by atoms with Crippen molar-refractivity contribution in [2.75, 3.05) is 5.32 Å². The molecule has 5 heteroatoms. The monoisotopic (exact) mass is 272 g/mol. The topological polar surface area (TPSA) is 55.1 Å². The number of rotatable bonds is 3. The Balaban J connectivity index is 2.99. The highest BCUT2D eigenvalue weighted by Crippen LogP contribution is 2.31. The van der Waals surface area contributed by atoms with Gasteiger partial charge in [0.2, 0.25) is 5.91 Å². The van der Waals surface area contributed by atoms with Crippen molar-refractivity contribution in [2.24, 2.45) is 11.1 Å². The second-order valence-electron chi connectivity index (χ2n) is 5.40. The van der Waals surface area contributed by atoms with Crippen LogP contribution in [-0.2, 0) is 4.79 Å². The van der Waals surface area contributed by atoms with Gasteiger partial charge in [-0.1, -0.05) is 17.7 Å². The maximum absolute atomic E-state index is 13.7. The molecule has 0 unspecified atom stereocenters. The first-order valence-corrected chi connectivity index (χ1v) is 5.99. The number of anilines is 1. The number of nitrogens with two attached hydrogens (primary N) is 1. The molecule has 0 saturated heterocycles. The molecule has 1 aromatic carbocycles. The lowest BCUT2D eigenvalue weighted by Gasteiger charge is -2.36. The number of benzene rings is 1. The fourth-order valence-corrected chi connectivity index (χ4v) is 1.35. The van der Waals surface area contributed by atoms with Gasteiger partial charge in [-0.3, -0.25) is 4.79 Å². The van der Waals surface area contributed by atoms with Crippen molar-refractivity contribution >= 4 is 23.2 Å². The van der Waals surface area contributed by atoms with E-state index in [-0.39, 0.29) is 16.6 Å². The molecule has 0 aliphatic heterocycles. The van der Waals surface area contributed by atoms with Crippen molar-refractivity contribution in [1.29, 1.82) is 0 Å². The molecule has 1 rings (SSSR count). The van der Waals surface area contributed by atoms with E-state index in [0.29, 0.717) is 0 Å². The molecule has 3 nitrogen and oxygen atoms in total. The summed E-state index contributed by atoms with van der Waals surface area (Å²) in [6.07, 6.45) is 0. The van der Waals surface area contributed by atoms with E-state index < -0.39 is 16.8 Å². The van der Waals surface area contributed by atoms with Gasteiger partial charge in [0.1, 0.15) is 0 Å². The third-order valence-electron chi connectivity index (χ3n) is 3.38. The largest absolute Gasteiger partial charge is 0.325 e. The maximum Gasteiger partial charge on any atom is 0.231 e. The number of carbonyl (C=O) groups excluding carboxylic acids is 1. The highest BCUT2D eigenvalue weighted by Gasteiger charge is 2.40. The SMILES string of the molecule is CC(C)(N)C(C)(C)C(=O)Nc1cccc(Cl)c1F. The van der Waals surface area contributed by atoms with E-state index in [2.05, 4.69) is 5.32 Å². The van der Waals surface area contributed by atoms with Gasteiger partial charge in [-0.2, -0.15) is 0 Å². The number of amides is 1. The predicted octanol–water partition coefficient (Wildman–Crippen LogP) is 3.18. The first kappa shape index (κ1) is 14.9. The Hall–Kier alpha value is -1.13.